The molecule has 0 saturated heterocycles. The molecule has 1 aromatic carbocycles. The molecule has 2 aromatic rings. The van der Waals surface area contributed by atoms with Gasteiger partial charge in [0.1, 0.15) is 23.2 Å². The van der Waals surface area contributed by atoms with E-state index in [1.807, 2.05) is 6.07 Å². The first-order chi connectivity index (χ1) is 9.26. The molecule has 4 heteroatoms. The number of ether oxygens (including phenoxy) is 1. The summed E-state index contributed by atoms with van der Waals surface area (Å²) >= 11 is 0. The zero-order valence-corrected chi connectivity index (χ0v) is 10.3. The zero-order chi connectivity index (χ0) is 13.7. The number of hydrogen-bond donors (Lipinski definition) is 0. The predicted molar refractivity (Wildman–Crippen MR) is 69.6 cm³/mol. The highest BCUT2D eigenvalue weighted by molar-refractivity contribution is 6.15. The van der Waals surface area contributed by atoms with Crippen LogP contribution in [0.4, 0.5) is 0 Å². The van der Waals surface area contributed by atoms with E-state index in [9.17, 15) is 4.79 Å². The van der Waals surface area contributed by atoms with Gasteiger partial charge >= 0.3 is 0 Å². The van der Waals surface area contributed by atoms with E-state index in [1.165, 1.54) is 19.4 Å². The van der Waals surface area contributed by atoms with E-state index in [4.69, 9.17) is 14.4 Å². The molecule has 2 rings (SSSR count). The first kappa shape index (κ1) is 12.7. The summed E-state index contributed by atoms with van der Waals surface area (Å²) in [5.41, 5.74) is 0.351. The number of furan rings is 1. The average Bonchev–Trinajstić information content (AvgIpc) is 2.97. The molecule has 1 heterocycles. The number of rotatable bonds is 4. The highest BCUT2D eigenvalue weighted by Gasteiger charge is 2.16. The van der Waals surface area contributed by atoms with Gasteiger partial charge in [-0.2, -0.15) is 5.26 Å². The number of nitrogens with zero attached hydrogens (tertiary/aromatic N) is 1. The van der Waals surface area contributed by atoms with Gasteiger partial charge in [-0.1, -0.05) is 12.1 Å². The van der Waals surface area contributed by atoms with Crippen molar-refractivity contribution in [1.82, 2.24) is 0 Å². The summed E-state index contributed by atoms with van der Waals surface area (Å²) < 4.78 is 10.2. The largest absolute Gasteiger partial charge is 0.496 e. The Hall–Kier alpha value is -2.80. The number of ketones is 1. The Morgan fingerprint density at radius 2 is 2.11 bits per heavy atom. The molecule has 0 bridgehead atoms. The number of hydrogen-bond acceptors (Lipinski definition) is 4. The van der Waals surface area contributed by atoms with Crippen LogP contribution in [0.5, 0.6) is 5.75 Å². The topological polar surface area (TPSA) is 63.2 Å². The van der Waals surface area contributed by atoms with Crippen LogP contribution >= 0.6 is 0 Å². The fourth-order valence-electron chi connectivity index (χ4n) is 1.64. The van der Waals surface area contributed by atoms with Crippen LogP contribution in [0, 0.1) is 11.3 Å². The van der Waals surface area contributed by atoms with Crippen LogP contribution < -0.4 is 4.74 Å². The Bertz CT molecular complexity index is 648. The first-order valence-corrected chi connectivity index (χ1v) is 5.59. The summed E-state index contributed by atoms with van der Waals surface area (Å²) in [6, 6.07) is 12.0. The molecule has 0 spiro atoms. The number of benzene rings is 1. The number of carbonyl (C=O) groups excluding carboxylic acids is 1. The lowest BCUT2D eigenvalue weighted by Gasteiger charge is -2.05. The minimum absolute atomic E-state index is 0.000509. The van der Waals surface area contributed by atoms with E-state index in [-0.39, 0.29) is 5.57 Å². The number of nitriles is 1. The van der Waals surface area contributed by atoms with Crippen LogP contribution in [0.3, 0.4) is 0 Å². The Morgan fingerprint density at radius 3 is 2.74 bits per heavy atom. The molecule has 0 aliphatic heterocycles. The fraction of sp³-hybridized carbons (Fsp3) is 0.0667. The molecule has 0 radical (unpaired) electrons. The summed E-state index contributed by atoms with van der Waals surface area (Å²) in [6.45, 7) is 0. The quantitative estimate of drug-likeness (QED) is 0.477. The van der Waals surface area contributed by atoms with E-state index in [0.29, 0.717) is 17.1 Å². The molecule has 0 atom stereocenters. The third-order valence-corrected chi connectivity index (χ3v) is 2.55. The van der Waals surface area contributed by atoms with Crippen molar-refractivity contribution >= 4 is 11.9 Å². The van der Waals surface area contributed by atoms with Gasteiger partial charge in [0.2, 0.25) is 5.78 Å². The smallest absolute Gasteiger partial charge is 0.207 e. The van der Waals surface area contributed by atoms with Crippen LogP contribution in [-0.2, 0) is 0 Å². The molecule has 0 unspecified atom stereocenters. The van der Waals surface area contributed by atoms with Gasteiger partial charge in [-0.15, -0.1) is 0 Å². The van der Waals surface area contributed by atoms with Crippen molar-refractivity contribution in [3.8, 4) is 11.8 Å². The maximum absolute atomic E-state index is 12.3. The van der Waals surface area contributed by atoms with E-state index >= 15 is 0 Å². The molecule has 0 N–H and O–H groups in total. The number of para-hydroxylation sites is 1. The molecule has 1 aromatic heterocycles. The lowest BCUT2D eigenvalue weighted by Crippen LogP contribution is -2.04. The Kier molecular flexibility index (Phi) is 3.79. The van der Waals surface area contributed by atoms with Crippen LogP contribution in [0.15, 0.2) is 52.7 Å². The average molecular weight is 253 g/mol. The fourth-order valence-corrected chi connectivity index (χ4v) is 1.64. The molecular weight excluding hydrogens is 242 g/mol. The summed E-state index contributed by atoms with van der Waals surface area (Å²) in [4.78, 5) is 12.3. The first-order valence-electron chi connectivity index (χ1n) is 5.59. The van der Waals surface area contributed by atoms with Crippen LogP contribution in [0.2, 0.25) is 0 Å². The monoisotopic (exact) mass is 253 g/mol. The maximum atomic E-state index is 12.3. The second-order valence-electron chi connectivity index (χ2n) is 3.71. The zero-order valence-electron chi connectivity index (χ0n) is 10.3. The van der Waals surface area contributed by atoms with E-state index in [2.05, 4.69) is 0 Å². The number of carbonyl (C=O) groups is 1. The van der Waals surface area contributed by atoms with Gasteiger partial charge in [0.15, 0.2) is 0 Å². The molecule has 0 aliphatic carbocycles. The maximum Gasteiger partial charge on any atom is 0.207 e. The standard InChI is InChI=1S/C15H11NO3/c1-18-14-7-3-2-6-13(14)15(17)11(10-16)9-12-5-4-8-19-12/h2-9H,1H3/b11-9+. The molecule has 0 fully saturated rings. The summed E-state index contributed by atoms with van der Waals surface area (Å²) in [5.74, 6) is 0.504. The SMILES string of the molecule is COc1ccccc1C(=O)/C(C#N)=C/c1ccco1. The molecule has 0 saturated carbocycles. The van der Waals surface area contributed by atoms with Crippen molar-refractivity contribution in [2.24, 2.45) is 0 Å². The van der Waals surface area contributed by atoms with Gasteiger partial charge in [0.25, 0.3) is 0 Å². The highest BCUT2D eigenvalue weighted by atomic mass is 16.5. The van der Waals surface area contributed by atoms with Crippen molar-refractivity contribution in [2.45, 2.75) is 0 Å². The van der Waals surface area contributed by atoms with Crippen LogP contribution in [0.1, 0.15) is 16.1 Å². The number of methoxy groups -OCH3 is 1. The van der Waals surface area contributed by atoms with Crippen LogP contribution in [-0.4, -0.2) is 12.9 Å². The molecule has 4 nitrogen and oxygen atoms in total. The van der Waals surface area contributed by atoms with Gasteiger partial charge in [0.05, 0.1) is 18.9 Å². The number of allylic oxidation sites excluding steroid dienone is 1. The van der Waals surface area contributed by atoms with Gasteiger partial charge in [-0.3, -0.25) is 4.79 Å². The molecule has 0 amide bonds. The molecule has 94 valence electrons. The highest BCUT2D eigenvalue weighted by Crippen LogP contribution is 2.21. The van der Waals surface area contributed by atoms with Gasteiger partial charge in [0, 0.05) is 6.08 Å². The minimum Gasteiger partial charge on any atom is -0.496 e. The van der Waals surface area contributed by atoms with Crippen molar-refractivity contribution in [1.29, 1.82) is 5.26 Å². The lowest BCUT2D eigenvalue weighted by atomic mass is 10.0. The van der Waals surface area contributed by atoms with E-state index in [0.717, 1.165) is 0 Å². The minimum atomic E-state index is -0.392. The third kappa shape index (κ3) is 2.72. The number of Topliss-reactive ketones (excluding diaryl/α,β-unsaturated/α-hetero) is 1. The Labute approximate surface area is 110 Å². The molecule has 0 aliphatic rings. The Balaban J connectivity index is 2.40. The Morgan fingerprint density at radius 1 is 1.32 bits per heavy atom. The second kappa shape index (κ2) is 5.69. The van der Waals surface area contributed by atoms with Crippen molar-refractivity contribution in [3.63, 3.8) is 0 Å². The summed E-state index contributed by atoms with van der Waals surface area (Å²) in [6.07, 6.45) is 2.89. The van der Waals surface area contributed by atoms with Gasteiger partial charge in [-0.05, 0) is 24.3 Å². The summed E-state index contributed by atoms with van der Waals surface area (Å²) in [7, 11) is 1.48. The van der Waals surface area contributed by atoms with Gasteiger partial charge < -0.3 is 9.15 Å². The van der Waals surface area contributed by atoms with Crippen molar-refractivity contribution < 1.29 is 13.9 Å². The molecular formula is C15H11NO3. The third-order valence-electron chi connectivity index (χ3n) is 2.55. The summed E-state index contributed by atoms with van der Waals surface area (Å²) in [5, 5.41) is 9.10. The lowest BCUT2D eigenvalue weighted by molar-refractivity contribution is 0.103. The van der Waals surface area contributed by atoms with Crippen molar-refractivity contribution in [3.05, 3.63) is 59.6 Å². The normalized spacial score (nSPS) is 10.8. The van der Waals surface area contributed by atoms with E-state index < -0.39 is 5.78 Å². The molecule has 19 heavy (non-hydrogen) atoms. The van der Waals surface area contributed by atoms with E-state index in [1.54, 1.807) is 36.4 Å². The predicted octanol–water partition coefficient (Wildman–Crippen LogP) is 3.08. The van der Waals surface area contributed by atoms with Crippen LogP contribution in [0.25, 0.3) is 6.08 Å². The van der Waals surface area contributed by atoms with Crippen molar-refractivity contribution in [2.75, 3.05) is 7.11 Å². The second-order valence-corrected chi connectivity index (χ2v) is 3.71. The van der Waals surface area contributed by atoms with Gasteiger partial charge in [-0.25, -0.2) is 0 Å².